The molecule has 0 radical (unpaired) electrons. The van der Waals surface area contributed by atoms with Crippen LogP contribution in [-0.4, -0.2) is 37.0 Å². The van der Waals surface area contributed by atoms with Gasteiger partial charge in [-0.25, -0.2) is 0 Å². The van der Waals surface area contributed by atoms with Crippen molar-refractivity contribution < 1.29 is 14.3 Å². The van der Waals surface area contributed by atoms with Crippen molar-refractivity contribution in [1.82, 2.24) is 4.90 Å². The van der Waals surface area contributed by atoms with Crippen LogP contribution in [0.3, 0.4) is 0 Å². The van der Waals surface area contributed by atoms with Gasteiger partial charge in [-0.3, -0.25) is 4.79 Å². The van der Waals surface area contributed by atoms with Crippen molar-refractivity contribution in [3.05, 3.63) is 84.4 Å². The van der Waals surface area contributed by atoms with Gasteiger partial charge < -0.3 is 19.7 Å². The third-order valence-electron chi connectivity index (χ3n) is 4.78. The zero-order chi connectivity index (χ0) is 21.2. The van der Waals surface area contributed by atoms with E-state index in [2.05, 4.69) is 24.1 Å². The fraction of sp³-hybridized carbons (Fsp3) is 0.240. The molecule has 5 heteroatoms. The van der Waals surface area contributed by atoms with E-state index in [0.717, 1.165) is 36.8 Å². The summed E-state index contributed by atoms with van der Waals surface area (Å²) in [6, 6.07) is 24.0. The van der Waals surface area contributed by atoms with Gasteiger partial charge in [-0.1, -0.05) is 32.0 Å². The molecular formula is C25H28N2O3. The summed E-state index contributed by atoms with van der Waals surface area (Å²) in [6.07, 6.45) is 0. The number of benzene rings is 3. The fourth-order valence-corrected chi connectivity index (χ4v) is 2.97. The Morgan fingerprint density at radius 2 is 1.40 bits per heavy atom. The summed E-state index contributed by atoms with van der Waals surface area (Å²) in [4.78, 5) is 14.8. The van der Waals surface area contributed by atoms with E-state index in [9.17, 15) is 4.79 Å². The summed E-state index contributed by atoms with van der Waals surface area (Å²) < 4.78 is 11.5. The smallest absolute Gasteiger partial charge is 0.255 e. The number of amides is 1. The fourth-order valence-electron chi connectivity index (χ4n) is 2.97. The van der Waals surface area contributed by atoms with Crippen LogP contribution in [0.25, 0.3) is 0 Å². The molecular weight excluding hydrogens is 376 g/mol. The van der Waals surface area contributed by atoms with Crippen molar-refractivity contribution in [2.24, 2.45) is 0 Å². The highest BCUT2D eigenvalue weighted by Crippen LogP contribution is 2.22. The normalized spacial score (nSPS) is 10.6. The molecule has 0 fully saturated rings. The predicted octanol–water partition coefficient (Wildman–Crippen LogP) is 5.45. The maximum Gasteiger partial charge on any atom is 0.255 e. The average molecular weight is 405 g/mol. The molecule has 0 aliphatic heterocycles. The third-order valence-corrected chi connectivity index (χ3v) is 4.78. The lowest BCUT2D eigenvalue weighted by molar-refractivity contribution is 0.102. The number of carbonyl (C=O) groups excluding carboxylic acids is 1. The van der Waals surface area contributed by atoms with Crippen LogP contribution in [-0.2, 0) is 0 Å². The van der Waals surface area contributed by atoms with Crippen molar-refractivity contribution in [2.75, 3.05) is 31.6 Å². The molecule has 0 aromatic heterocycles. The van der Waals surface area contributed by atoms with Gasteiger partial charge in [-0.15, -0.1) is 0 Å². The second-order valence-electron chi connectivity index (χ2n) is 6.79. The standard InChI is InChI=1S/C25H28N2O3/c1-3-27(4-2)18-19-29-22-16-12-21(13-17-22)26-25(28)20-10-14-24(15-11-20)30-23-8-6-5-7-9-23/h5-17H,3-4,18-19H2,1-2H3,(H,26,28). The number of nitrogens with zero attached hydrogens (tertiary/aromatic N) is 1. The van der Waals surface area contributed by atoms with Crippen molar-refractivity contribution >= 4 is 11.6 Å². The molecule has 30 heavy (non-hydrogen) atoms. The Bertz CT molecular complexity index is 905. The first-order valence-corrected chi connectivity index (χ1v) is 10.3. The molecule has 5 nitrogen and oxygen atoms in total. The SMILES string of the molecule is CCN(CC)CCOc1ccc(NC(=O)c2ccc(Oc3ccccc3)cc2)cc1. The van der Waals surface area contributed by atoms with Gasteiger partial charge in [-0.2, -0.15) is 0 Å². The second kappa shape index (κ2) is 11.0. The highest BCUT2D eigenvalue weighted by molar-refractivity contribution is 6.04. The number of anilines is 1. The number of hydrogen-bond acceptors (Lipinski definition) is 4. The van der Waals surface area contributed by atoms with E-state index in [1.165, 1.54) is 0 Å². The molecule has 0 aliphatic carbocycles. The van der Waals surface area contributed by atoms with Crippen molar-refractivity contribution in [3.8, 4) is 17.2 Å². The first-order valence-electron chi connectivity index (χ1n) is 10.3. The molecule has 156 valence electrons. The van der Waals surface area contributed by atoms with Crippen LogP contribution in [0.1, 0.15) is 24.2 Å². The molecule has 1 N–H and O–H groups in total. The Hall–Kier alpha value is -3.31. The van der Waals surface area contributed by atoms with E-state index in [0.29, 0.717) is 17.9 Å². The molecule has 0 atom stereocenters. The van der Waals surface area contributed by atoms with E-state index in [1.54, 1.807) is 24.3 Å². The van der Waals surface area contributed by atoms with E-state index in [1.807, 2.05) is 54.6 Å². The summed E-state index contributed by atoms with van der Waals surface area (Å²) in [5.41, 5.74) is 1.29. The largest absolute Gasteiger partial charge is 0.492 e. The Labute approximate surface area is 178 Å². The van der Waals surface area contributed by atoms with Gasteiger partial charge in [0.25, 0.3) is 5.91 Å². The number of ether oxygens (including phenoxy) is 2. The number of carbonyl (C=O) groups is 1. The summed E-state index contributed by atoms with van der Waals surface area (Å²) in [7, 11) is 0. The zero-order valence-corrected chi connectivity index (χ0v) is 17.5. The van der Waals surface area contributed by atoms with Crippen molar-refractivity contribution in [1.29, 1.82) is 0 Å². The number of nitrogens with one attached hydrogen (secondary N) is 1. The Balaban J connectivity index is 1.50. The molecule has 0 heterocycles. The van der Waals surface area contributed by atoms with Gasteiger partial charge >= 0.3 is 0 Å². The number of para-hydroxylation sites is 1. The van der Waals surface area contributed by atoms with Gasteiger partial charge in [0.1, 0.15) is 23.9 Å². The molecule has 0 saturated heterocycles. The predicted molar refractivity (Wildman–Crippen MR) is 121 cm³/mol. The molecule has 1 amide bonds. The van der Waals surface area contributed by atoms with Gasteiger partial charge in [-0.05, 0) is 73.8 Å². The lowest BCUT2D eigenvalue weighted by Crippen LogP contribution is -2.27. The Kier molecular flexibility index (Phi) is 7.86. The minimum Gasteiger partial charge on any atom is -0.492 e. The molecule has 3 rings (SSSR count). The van der Waals surface area contributed by atoms with Crippen LogP contribution >= 0.6 is 0 Å². The van der Waals surface area contributed by atoms with Gasteiger partial charge in [0.2, 0.25) is 0 Å². The Morgan fingerprint density at radius 1 is 0.800 bits per heavy atom. The van der Waals surface area contributed by atoms with E-state index in [4.69, 9.17) is 9.47 Å². The van der Waals surface area contributed by atoms with Crippen LogP contribution in [0.2, 0.25) is 0 Å². The minimum absolute atomic E-state index is 0.170. The molecule has 0 aliphatic rings. The summed E-state index contributed by atoms with van der Waals surface area (Å²) in [6.45, 7) is 7.87. The number of likely N-dealkylation sites (N-methyl/N-ethyl adjacent to an activating group) is 1. The topological polar surface area (TPSA) is 50.8 Å². The highest BCUT2D eigenvalue weighted by atomic mass is 16.5. The number of hydrogen-bond donors (Lipinski definition) is 1. The summed E-state index contributed by atoms with van der Waals surface area (Å²) in [5, 5.41) is 2.90. The van der Waals surface area contributed by atoms with Crippen LogP contribution in [0.15, 0.2) is 78.9 Å². The van der Waals surface area contributed by atoms with Crippen LogP contribution in [0, 0.1) is 0 Å². The molecule has 3 aromatic carbocycles. The zero-order valence-electron chi connectivity index (χ0n) is 17.5. The molecule has 0 unspecified atom stereocenters. The molecule has 0 saturated carbocycles. The van der Waals surface area contributed by atoms with E-state index >= 15 is 0 Å². The first-order chi connectivity index (χ1) is 14.7. The lowest BCUT2D eigenvalue weighted by Gasteiger charge is -2.18. The lowest BCUT2D eigenvalue weighted by atomic mass is 10.2. The number of rotatable bonds is 10. The van der Waals surface area contributed by atoms with E-state index in [-0.39, 0.29) is 5.91 Å². The van der Waals surface area contributed by atoms with Gasteiger partial charge in [0.05, 0.1) is 0 Å². The first kappa shape index (κ1) is 21.4. The Morgan fingerprint density at radius 3 is 2.03 bits per heavy atom. The maximum atomic E-state index is 12.5. The highest BCUT2D eigenvalue weighted by Gasteiger charge is 2.07. The maximum absolute atomic E-state index is 12.5. The van der Waals surface area contributed by atoms with Crippen molar-refractivity contribution in [2.45, 2.75) is 13.8 Å². The van der Waals surface area contributed by atoms with Crippen LogP contribution in [0.5, 0.6) is 17.2 Å². The summed E-state index contributed by atoms with van der Waals surface area (Å²) >= 11 is 0. The van der Waals surface area contributed by atoms with E-state index < -0.39 is 0 Å². The molecule has 0 spiro atoms. The van der Waals surface area contributed by atoms with Gasteiger partial charge in [0.15, 0.2) is 0 Å². The van der Waals surface area contributed by atoms with Gasteiger partial charge in [0, 0.05) is 17.8 Å². The summed E-state index contributed by atoms with van der Waals surface area (Å²) in [5.74, 6) is 2.07. The van der Waals surface area contributed by atoms with Crippen molar-refractivity contribution in [3.63, 3.8) is 0 Å². The molecule has 0 bridgehead atoms. The van der Waals surface area contributed by atoms with Crippen LogP contribution < -0.4 is 14.8 Å². The monoisotopic (exact) mass is 404 g/mol. The minimum atomic E-state index is -0.170. The van der Waals surface area contributed by atoms with Crippen LogP contribution in [0.4, 0.5) is 5.69 Å². The third kappa shape index (κ3) is 6.36. The second-order valence-corrected chi connectivity index (χ2v) is 6.79. The average Bonchev–Trinajstić information content (AvgIpc) is 2.79. The quantitative estimate of drug-likeness (QED) is 0.488. The molecule has 3 aromatic rings.